The fourth-order valence-electron chi connectivity index (χ4n) is 3.32. The summed E-state index contributed by atoms with van der Waals surface area (Å²) in [5.74, 6) is -0.461. The first kappa shape index (κ1) is 19.3. The van der Waals surface area contributed by atoms with Gasteiger partial charge in [-0.05, 0) is 54.4 Å². The minimum Gasteiger partial charge on any atom is -0.322 e. The average Bonchev–Trinajstić information content (AvgIpc) is 2.79. The van der Waals surface area contributed by atoms with Gasteiger partial charge in [0.15, 0.2) is 0 Å². The molecule has 0 radical (unpaired) electrons. The molecule has 0 aliphatic rings. The van der Waals surface area contributed by atoms with Crippen LogP contribution in [0.1, 0.15) is 33.2 Å². The second-order valence-electron chi connectivity index (χ2n) is 6.88. The lowest BCUT2D eigenvalue weighted by molar-refractivity contribution is 0.101. The Morgan fingerprint density at radius 1 is 0.733 bits per heavy atom. The van der Waals surface area contributed by atoms with E-state index in [0.29, 0.717) is 16.8 Å². The summed E-state index contributed by atoms with van der Waals surface area (Å²) in [6.45, 7) is 2.05. The number of aromatic nitrogens is 1. The predicted molar refractivity (Wildman–Crippen MR) is 120 cm³/mol. The first-order valence-corrected chi connectivity index (χ1v) is 9.80. The summed E-state index contributed by atoms with van der Waals surface area (Å²) in [4.78, 5) is 29.6. The number of hydrogen-bond donors (Lipinski definition) is 2. The van der Waals surface area contributed by atoms with Gasteiger partial charge in [-0.1, -0.05) is 43.3 Å². The van der Waals surface area contributed by atoms with Crippen LogP contribution in [0.5, 0.6) is 0 Å². The SMILES string of the molecule is CCc1ccccc1NC(=O)c1ccc(C(=O)Nc2cccc3cccnc23)cc1. The third kappa shape index (κ3) is 4.05. The van der Waals surface area contributed by atoms with Crippen LogP contribution in [0.3, 0.4) is 0 Å². The first-order chi connectivity index (χ1) is 14.7. The van der Waals surface area contributed by atoms with E-state index in [9.17, 15) is 9.59 Å². The average molecular weight is 395 g/mol. The monoisotopic (exact) mass is 395 g/mol. The van der Waals surface area contributed by atoms with E-state index in [0.717, 1.165) is 28.6 Å². The Balaban J connectivity index is 1.49. The summed E-state index contributed by atoms with van der Waals surface area (Å²) in [5, 5.41) is 6.79. The normalized spacial score (nSPS) is 10.6. The highest BCUT2D eigenvalue weighted by molar-refractivity contribution is 6.09. The van der Waals surface area contributed by atoms with E-state index < -0.39 is 0 Å². The summed E-state index contributed by atoms with van der Waals surface area (Å²) in [6, 6.07) is 23.8. The van der Waals surface area contributed by atoms with Crippen LogP contribution >= 0.6 is 0 Å². The van der Waals surface area contributed by atoms with Crippen LogP contribution in [0, 0.1) is 0 Å². The summed E-state index contributed by atoms with van der Waals surface area (Å²) >= 11 is 0. The molecule has 4 aromatic rings. The maximum Gasteiger partial charge on any atom is 0.255 e. The van der Waals surface area contributed by atoms with Gasteiger partial charge in [0, 0.05) is 28.4 Å². The van der Waals surface area contributed by atoms with E-state index in [4.69, 9.17) is 0 Å². The van der Waals surface area contributed by atoms with Crippen molar-refractivity contribution >= 4 is 34.1 Å². The van der Waals surface area contributed by atoms with Gasteiger partial charge >= 0.3 is 0 Å². The smallest absolute Gasteiger partial charge is 0.255 e. The maximum atomic E-state index is 12.7. The van der Waals surface area contributed by atoms with Crippen LogP contribution in [-0.2, 0) is 6.42 Å². The van der Waals surface area contributed by atoms with Gasteiger partial charge in [0.2, 0.25) is 0 Å². The topological polar surface area (TPSA) is 71.1 Å². The molecular weight excluding hydrogens is 374 g/mol. The molecule has 0 bridgehead atoms. The largest absolute Gasteiger partial charge is 0.322 e. The highest BCUT2D eigenvalue weighted by Gasteiger charge is 2.12. The molecule has 4 rings (SSSR count). The van der Waals surface area contributed by atoms with Gasteiger partial charge in [0.1, 0.15) is 0 Å². The van der Waals surface area contributed by atoms with Crippen molar-refractivity contribution in [3.8, 4) is 0 Å². The molecule has 0 saturated carbocycles. The summed E-state index contributed by atoms with van der Waals surface area (Å²) < 4.78 is 0. The van der Waals surface area contributed by atoms with Gasteiger partial charge in [-0.25, -0.2) is 0 Å². The van der Waals surface area contributed by atoms with Gasteiger partial charge in [0.05, 0.1) is 11.2 Å². The first-order valence-electron chi connectivity index (χ1n) is 9.80. The molecule has 2 N–H and O–H groups in total. The lowest BCUT2D eigenvalue weighted by Gasteiger charge is -2.10. The molecule has 0 saturated heterocycles. The minimum atomic E-state index is -0.253. The third-order valence-electron chi connectivity index (χ3n) is 4.94. The molecule has 3 aromatic carbocycles. The highest BCUT2D eigenvalue weighted by Crippen LogP contribution is 2.22. The molecule has 148 valence electrons. The van der Waals surface area contributed by atoms with Crippen LogP contribution in [0.25, 0.3) is 10.9 Å². The van der Waals surface area contributed by atoms with E-state index in [1.54, 1.807) is 30.5 Å². The number of aryl methyl sites for hydroxylation is 1. The zero-order chi connectivity index (χ0) is 20.9. The number of pyridine rings is 1. The zero-order valence-corrected chi connectivity index (χ0v) is 16.6. The van der Waals surface area contributed by atoms with Crippen molar-refractivity contribution in [3.05, 3.63) is 102 Å². The van der Waals surface area contributed by atoms with E-state index >= 15 is 0 Å². The molecule has 5 heteroatoms. The third-order valence-corrected chi connectivity index (χ3v) is 4.94. The molecule has 0 aliphatic heterocycles. The van der Waals surface area contributed by atoms with Crippen LogP contribution < -0.4 is 10.6 Å². The lowest BCUT2D eigenvalue weighted by atomic mass is 10.1. The van der Waals surface area contributed by atoms with Crippen molar-refractivity contribution in [3.63, 3.8) is 0 Å². The number of carbonyl (C=O) groups excluding carboxylic acids is 2. The molecular formula is C25H21N3O2. The molecule has 30 heavy (non-hydrogen) atoms. The number of carbonyl (C=O) groups is 2. The fourth-order valence-corrected chi connectivity index (χ4v) is 3.32. The quantitative estimate of drug-likeness (QED) is 0.482. The number of anilines is 2. The second-order valence-corrected chi connectivity index (χ2v) is 6.88. The lowest BCUT2D eigenvalue weighted by Crippen LogP contribution is -2.15. The highest BCUT2D eigenvalue weighted by atomic mass is 16.2. The number of hydrogen-bond acceptors (Lipinski definition) is 3. The van der Waals surface area contributed by atoms with Gasteiger partial charge in [-0.15, -0.1) is 0 Å². The maximum absolute atomic E-state index is 12.7. The van der Waals surface area contributed by atoms with Gasteiger partial charge in [0.25, 0.3) is 11.8 Å². The Bertz CT molecular complexity index is 1210. The number of amides is 2. The van der Waals surface area contributed by atoms with Crippen LogP contribution in [0.4, 0.5) is 11.4 Å². The number of nitrogens with zero attached hydrogens (tertiary/aromatic N) is 1. The van der Waals surface area contributed by atoms with Gasteiger partial charge in [-0.3, -0.25) is 14.6 Å². The number of rotatable bonds is 5. The van der Waals surface area contributed by atoms with Gasteiger partial charge < -0.3 is 10.6 Å². The molecule has 2 amide bonds. The van der Waals surface area contributed by atoms with E-state index in [2.05, 4.69) is 15.6 Å². The predicted octanol–water partition coefficient (Wildman–Crippen LogP) is 5.30. The van der Waals surface area contributed by atoms with E-state index in [1.807, 2.05) is 61.5 Å². The van der Waals surface area contributed by atoms with Crippen molar-refractivity contribution in [2.75, 3.05) is 10.6 Å². The number of benzene rings is 3. The van der Waals surface area contributed by atoms with Crippen LogP contribution in [0.2, 0.25) is 0 Å². The molecule has 0 fully saturated rings. The molecule has 1 aromatic heterocycles. The van der Waals surface area contributed by atoms with Crippen molar-refractivity contribution in [1.29, 1.82) is 0 Å². The summed E-state index contributed by atoms with van der Waals surface area (Å²) in [7, 11) is 0. The number of fused-ring (bicyclic) bond motifs is 1. The van der Waals surface area contributed by atoms with E-state index in [1.165, 1.54) is 0 Å². The van der Waals surface area contributed by atoms with Crippen molar-refractivity contribution in [1.82, 2.24) is 4.98 Å². The van der Waals surface area contributed by atoms with E-state index in [-0.39, 0.29) is 11.8 Å². The molecule has 0 aliphatic carbocycles. The van der Waals surface area contributed by atoms with Crippen molar-refractivity contribution < 1.29 is 9.59 Å². The summed E-state index contributed by atoms with van der Waals surface area (Å²) in [6.07, 6.45) is 2.53. The Labute approximate surface area is 174 Å². The molecule has 1 heterocycles. The molecule has 5 nitrogen and oxygen atoms in total. The Morgan fingerprint density at radius 3 is 2.03 bits per heavy atom. The second kappa shape index (κ2) is 8.57. The van der Waals surface area contributed by atoms with Gasteiger partial charge in [-0.2, -0.15) is 0 Å². The van der Waals surface area contributed by atoms with Crippen molar-refractivity contribution in [2.24, 2.45) is 0 Å². The Hall–Kier alpha value is -3.99. The standard InChI is InChI=1S/C25H21N3O2/c1-2-17-7-3-4-10-21(17)27-24(29)19-12-14-20(15-13-19)25(30)28-22-11-5-8-18-9-6-16-26-23(18)22/h3-16H,2H2,1H3,(H,27,29)(H,28,30). The van der Waals surface area contributed by atoms with Crippen molar-refractivity contribution in [2.45, 2.75) is 13.3 Å². The zero-order valence-electron chi connectivity index (χ0n) is 16.6. The Morgan fingerprint density at radius 2 is 1.33 bits per heavy atom. The Kier molecular flexibility index (Phi) is 5.52. The number of para-hydroxylation sites is 2. The number of nitrogens with one attached hydrogen (secondary N) is 2. The summed E-state index contributed by atoms with van der Waals surface area (Å²) in [5.41, 5.74) is 4.22. The molecule has 0 atom stereocenters. The fraction of sp³-hybridized carbons (Fsp3) is 0.0800. The van der Waals surface area contributed by atoms with Crippen LogP contribution in [0.15, 0.2) is 85.1 Å². The molecule has 0 unspecified atom stereocenters. The van der Waals surface area contributed by atoms with Crippen LogP contribution in [-0.4, -0.2) is 16.8 Å². The molecule has 0 spiro atoms. The minimum absolute atomic E-state index is 0.207.